The van der Waals surface area contributed by atoms with Crippen LogP contribution in [0.4, 0.5) is 0 Å². The van der Waals surface area contributed by atoms with Crippen LogP contribution in [0.25, 0.3) is 0 Å². The predicted octanol–water partition coefficient (Wildman–Crippen LogP) is 2.45. The van der Waals surface area contributed by atoms with Gasteiger partial charge in [-0.2, -0.15) is 0 Å². The number of benzene rings is 1. The van der Waals surface area contributed by atoms with Gasteiger partial charge in [0.1, 0.15) is 5.78 Å². The molecular formula is C13H15BrClNO2. The number of likely N-dealkylation sites (N-methyl/N-ethyl adjacent to an activating group) is 1. The number of halogens is 2. The summed E-state index contributed by atoms with van der Waals surface area (Å²) in [6, 6.07) is 5.71. The minimum atomic E-state index is -0.0743. The first kappa shape index (κ1) is 14.0. The lowest BCUT2D eigenvalue weighted by Gasteiger charge is -2.15. The standard InChI is InChI=1S/C13H15BrClNO2/c1-16-12-7-18-6-10(12)13(17)4-8-2-3-9(14)5-11(8)15/h2-3,5,10,12,16H,4,6-7H2,1H3. The normalized spacial score (nSPS) is 23.3. The summed E-state index contributed by atoms with van der Waals surface area (Å²) in [7, 11) is 1.85. The summed E-state index contributed by atoms with van der Waals surface area (Å²) < 4.78 is 6.26. The van der Waals surface area contributed by atoms with Gasteiger partial charge >= 0.3 is 0 Å². The van der Waals surface area contributed by atoms with E-state index >= 15 is 0 Å². The number of hydrogen-bond donors (Lipinski definition) is 1. The molecule has 1 fully saturated rings. The highest BCUT2D eigenvalue weighted by molar-refractivity contribution is 9.10. The molecule has 0 bridgehead atoms. The number of carbonyl (C=O) groups excluding carboxylic acids is 1. The number of carbonyl (C=O) groups is 1. The molecule has 1 aromatic carbocycles. The fourth-order valence-corrected chi connectivity index (χ4v) is 2.88. The Hall–Kier alpha value is -0.420. The minimum Gasteiger partial charge on any atom is -0.379 e. The van der Waals surface area contributed by atoms with E-state index in [4.69, 9.17) is 16.3 Å². The second kappa shape index (κ2) is 6.15. The molecule has 5 heteroatoms. The molecule has 98 valence electrons. The molecule has 1 aliphatic heterocycles. The SMILES string of the molecule is CNC1COCC1C(=O)Cc1ccc(Br)cc1Cl. The Morgan fingerprint density at radius 2 is 2.33 bits per heavy atom. The van der Waals surface area contributed by atoms with Gasteiger partial charge in [0, 0.05) is 22.0 Å². The average molecular weight is 333 g/mol. The molecular weight excluding hydrogens is 318 g/mol. The Morgan fingerprint density at radius 1 is 1.56 bits per heavy atom. The monoisotopic (exact) mass is 331 g/mol. The van der Waals surface area contributed by atoms with Gasteiger partial charge in [0.25, 0.3) is 0 Å². The number of Topliss-reactive ketones (excluding diaryl/α,β-unsaturated/α-hetero) is 1. The van der Waals surface area contributed by atoms with Gasteiger partial charge in [-0.1, -0.05) is 33.6 Å². The van der Waals surface area contributed by atoms with Gasteiger partial charge < -0.3 is 10.1 Å². The first-order chi connectivity index (χ1) is 8.61. The highest BCUT2D eigenvalue weighted by Crippen LogP contribution is 2.24. The number of hydrogen-bond acceptors (Lipinski definition) is 3. The van der Waals surface area contributed by atoms with Crippen molar-refractivity contribution in [3.05, 3.63) is 33.3 Å². The zero-order chi connectivity index (χ0) is 13.1. The van der Waals surface area contributed by atoms with Gasteiger partial charge in [0.05, 0.1) is 19.1 Å². The Labute approximate surface area is 120 Å². The third kappa shape index (κ3) is 3.12. The van der Waals surface area contributed by atoms with Crippen LogP contribution in [0, 0.1) is 5.92 Å². The van der Waals surface area contributed by atoms with E-state index in [2.05, 4.69) is 21.2 Å². The largest absolute Gasteiger partial charge is 0.379 e. The highest BCUT2D eigenvalue weighted by Gasteiger charge is 2.32. The van der Waals surface area contributed by atoms with E-state index in [1.54, 1.807) is 0 Å². The summed E-state index contributed by atoms with van der Waals surface area (Å²) >= 11 is 9.47. The van der Waals surface area contributed by atoms with Crippen LogP contribution in [0.15, 0.2) is 22.7 Å². The molecule has 1 aromatic rings. The molecule has 3 nitrogen and oxygen atoms in total. The van der Waals surface area contributed by atoms with Crippen molar-refractivity contribution >= 4 is 33.3 Å². The van der Waals surface area contributed by atoms with Crippen LogP contribution in [0.3, 0.4) is 0 Å². The van der Waals surface area contributed by atoms with Crippen LogP contribution in [0.2, 0.25) is 5.02 Å². The molecule has 0 aromatic heterocycles. The minimum absolute atomic E-state index is 0.0743. The topological polar surface area (TPSA) is 38.3 Å². The summed E-state index contributed by atoms with van der Waals surface area (Å²) in [6.45, 7) is 1.10. The summed E-state index contributed by atoms with van der Waals surface area (Å²) in [6.07, 6.45) is 0.359. The Bertz CT molecular complexity index is 453. The molecule has 0 amide bonds. The van der Waals surface area contributed by atoms with E-state index in [0.717, 1.165) is 10.0 Å². The predicted molar refractivity (Wildman–Crippen MR) is 75.0 cm³/mol. The zero-order valence-corrected chi connectivity index (χ0v) is 12.4. The van der Waals surface area contributed by atoms with Crippen molar-refractivity contribution < 1.29 is 9.53 Å². The van der Waals surface area contributed by atoms with Crippen molar-refractivity contribution in [3.8, 4) is 0 Å². The van der Waals surface area contributed by atoms with E-state index in [-0.39, 0.29) is 17.7 Å². The van der Waals surface area contributed by atoms with Gasteiger partial charge in [-0.25, -0.2) is 0 Å². The van der Waals surface area contributed by atoms with E-state index in [1.165, 1.54) is 0 Å². The van der Waals surface area contributed by atoms with Crippen molar-refractivity contribution in [2.75, 3.05) is 20.3 Å². The lowest BCUT2D eigenvalue weighted by atomic mass is 9.94. The van der Waals surface area contributed by atoms with Gasteiger partial charge in [-0.15, -0.1) is 0 Å². The Morgan fingerprint density at radius 3 is 3.00 bits per heavy atom. The summed E-state index contributed by atoms with van der Waals surface area (Å²) in [4.78, 5) is 12.2. The summed E-state index contributed by atoms with van der Waals surface area (Å²) in [5, 5.41) is 3.74. The molecule has 0 aliphatic carbocycles. The Kier molecular flexibility index (Phi) is 4.78. The molecule has 0 spiro atoms. The van der Waals surface area contributed by atoms with Crippen molar-refractivity contribution in [2.45, 2.75) is 12.5 Å². The van der Waals surface area contributed by atoms with Crippen LogP contribution in [-0.4, -0.2) is 32.1 Å². The lowest BCUT2D eigenvalue weighted by molar-refractivity contribution is -0.122. The number of ether oxygens (including phenoxy) is 1. The first-order valence-corrected chi connectivity index (χ1v) is 7.00. The molecule has 0 radical (unpaired) electrons. The van der Waals surface area contributed by atoms with Gasteiger partial charge in [-0.3, -0.25) is 4.79 Å². The second-order valence-electron chi connectivity index (χ2n) is 4.42. The third-order valence-corrected chi connectivity index (χ3v) is 4.09. The fourth-order valence-electron chi connectivity index (χ4n) is 2.14. The fraction of sp³-hybridized carbons (Fsp3) is 0.462. The molecule has 1 heterocycles. The van der Waals surface area contributed by atoms with Crippen molar-refractivity contribution in [1.82, 2.24) is 5.32 Å². The molecule has 1 N–H and O–H groups in total. The number of ketones is 1. The highest BCUT2D eigenvalue weighted by atomic mass is 79.9. The maximum Gasteiger partial charge on any atom is 0.144 e. The Balaban J connectivity index is 2.07. The third-order valence-electron chi connectivity index (χ3n) is 3.24. The van der Waals surface area contributed by atoms with Crippen molar-refractivity contribution in [1.29, 1.82) is 0 Å². The smallest absolute Gasteiger partial charge is 0.144 e. The van der Waals surface area contributed by atoms with Crippen LogP contribution in [0.5, 0.6) is 0 Å². The van der Waals surface area contributed by atoms with Crippen LogP contribution < -0.4 is 5.32 Å². The van der Waals surface area contributed by atoms with Gasteiger partial charge in [-0.05, 0) is 24.7 Å². The molecule has 2 unspecified atom stereocenters. The quantitative estimate of drug-likeness (QED) is 0.920. The number of rotatable bonds is 4. The maximum absolute atomic E-state index is 12.2. The van der Waals surface area contributed by atoms with E-state index in [1.807, 2.05) is 25.2 Å². The van der Waals surface area contributed by atoms with Crippen LogP contribution in [0.1, 0.15) is 5.56 Å². The van der Waals surface area contributed by atoms with Crippen LogP contribution in [-0.2, 0) is 16.0 Å². The molecule has 2 rings (SSSR count). The summed E-state index contributed by atoms with van der Waals surface area (Å²) in [5.74, 6) is 0.103. The lowest BCUT2D eigenvalue weighted by Crippen LogP contribution is -2.37. The molecule has 1 aliphatic rings. The zero-order valence-electron chi connectivity index (χ0n) is 10.1. The number of nitrogens with one attached hydrogen (secondary N) is 1. The van der Waals surface area contributed by atoms with E-state index in [9.17, 15) is 4.79 Å². The average Bonchev–Trinajstić information content (AvgIpc) is 2.81. The summed E-state index contributed by atoms with van der Waals surface area (Å²) in [5.41, 5.74) is 0.867. The molecule has 2 atom stereocenters. The second-order valence-corrected chi connectivity index (χ2v) is 5.74. The molecule has 18 heavy (non-hydrogen) atoms. The molecule has 1 saturated heterocycles. The molecule has 0 saturated carbocycles. The van der Waals surface area contributed by atoms with E-state index in [0.29, 0.717) is 24.7 Å². The van der Waals surface area contributed by atoms with Crippen molar-refractivity contribution in [3.63, 3.8) is 0 Å². The van der Waals surface area contributed by atoms with Gasteiger partial charge in [0.15, 0.2) is 0 Å². The van der Waals surface area contributed by atoms with Gasteiger partial charge in [0.2, 0.25) is 0 Å². The first-order valence-electron chi connectivity index (χ1n) is 5.83. The maximum atomic E-state index is 12.2. The van der Waals surface area contributed by atoms with Crippen molar-refractivity contribution in [2.24, 2.45) is 5.92 Å². The van der Waals surface area contributed by atoms with E-state index < -0.39 is 0 Å². The van der Waals surface area contributed by atoms with Crippen LogP contribution >= 0.6 is 27.5 Å².